The largest absolute Gasteiger partial charge is 0.330 e. The van der Waals surface area contributed by atoms with Crippen molar-refractivity contribution in [1.82, 2.24) is 19.7 Å². The lowest BCUT2D eigenvalue weighted by molar-refractivity contribution is -0.121. The zero-order valence-corrected chi connectivity index (χ0v) is 15.4. The van der Waals surface area contributed by atoms with Gasteiger partial charge in [-0.05, 0) is 30.2 Å². The highest BCUT2D eigenvalue weighted by Gasteiger charge is 2.59. The third-order valence-corrected chi connectivity index (χ3v) is 5.82. The fraction of sp³-hybridized carbons (Fsp3) is 0.238. The van der Waals surface area contributed by atoms with E-state index in [1.165, 1.54) is 0 Å². The second-order valence-corrected chi connectivity index (χ2v) is 7.31. The molecule has 2 aromatic heterocycles. The molecule has 1 spiro atoms. The van der Waals surface area contributed by atoms with Crippen LogP contribution in [0.5, 0.6) is 0 Å². The average molecular weight is 373 g/mol. The fourth-order valence-corrected chi connectivity index (χ4v) is 4.61. The highest BCUT2D eigenvalue weighted by atomic mass is 16.2. The van der Waals surface area contributed by atoms with Crippen LogP contribution in [0.4, 0.5) is 5.69 Å². The van der Waals surface area contributed by atoms with Crippen molar-refractivity contribution in [3.8, 4) is 0 Å². The number of aromatic nitrogens is 3. The molecule has 2 aliphatic rings. The van der Waals surface area contributed by atoms with Crippen molar-refractivity contribution in [2.24, 2.45) is 7.05 Å². The first-order chi connectivity index (χ1) is 13.6. The third-order valence-electron chi connectivity index (χ3n) is 5.82. The van der Waals surface area contributed by atoms with E-state index < -0.39 is 11.5 Å². The summed E-state index contributed by atoms with van der Waals surface area (Å²) in [6.45, 7) is 0.489. The van der Waals surface area contributed by atoms with Crippen LogP contribution in [0.1, 0.15) is 33.9 Å². The quantitative estimate of drug-likeness (QED) is 0.747. The Labute approximate surface area is 162 Å². The number of pyridine rings is 1. The van der Waals surface area contributed by atoms with Gasteiger partial charge in [0, 0.05) is 49.0 Å². The number of hydrogen-bond donors (Lipinski definition) is 1. The van der Waals surface area contributed by atoms with Gasteiger partial charge in [-0.3, -0.25) is 19.3 Å². The minimum Gasteiger partial charge on any atom is -0.330 e. The van der Waals surface area contributed by atoms with E-state index in [0.717, 1.165) is 16.8 Å². The monoisotopic (exact) mass is 373 g/mol. The summed E-state index contributed by atoms with van der Waals surface area (Å²) in [6.07, 6.45) is 7.41. The second-order valence-electron chi connectivity index (χ2n) is 7.31. The predicted molar refractivity (Wildman–Crippen MR) is 103 cm³/mol. The van der Waals surface area contributed by atoms with Crippen LogP contribution in [-0.4, -0.2) is 38.0 Å². The molecule has 4 heterocycles. The number of nitrogens with one attached hydrogen (secondary N) is 1. The van der Waals surface area contributed by atoms with E-state index in [4.69, 9.17) is 0 Å². The van der Waals surface area contributed by atoms with Gasteiger partial charge in [0.15, 0.2) is 0 Å². The molecule has 1 saturated heterocycles. The molecule has 0 saturated carbocycles. The van der Waals surface area contributed by atoms with Gasteiger partial charge in [-0.25, -0.2) is 0 Å². The standard InChI is InChI=1S/C21H19N5O2/c1-25-13-15(12-23-25)18-21(16-4-2-3-5-17(16)24-20(21)28)8-11-26(18)19(27)14-6-9-22-10-7-14/h2-7,9-10,12-13,18H,8,11H2,1H3,(H,24,28)/t18-,21+/m0/s1. The average Bonchev–Trinajstić information content (AvgIpc) is 3.39. The number of hydrogen-bond acceptors (Lipinski definition) is 4. The van der Waals surface area contributed by atoms with Crippen LogP contribution in [-0.2, 0) is 17.3 Å². The minimum atomic E-state index is -0.817. The molecular formula is C21H19N5O2. The number of carbonyl (C=O) groups is 2. The fourth-order valence-electron chi connectivity index (χ4n) is 4.61. The Balaban J connectivity index is 1.67. The molecule has 0 bridgehead atoms. The zero-order valence-electron chi connectivity index (χ0n) is 15.4. The van der Waals surface area contributed by atoms with Gasteiger partial charge in [0.05, 0.1) is 12.2 Å². The zero-order chi connectivity index (χ0) is 19.3. The van der Waals surface area contributed by atoms with E-state index in [1.54, 1.807) is 40.3 Å². The minimum absolute atomic E-state index is 0.0624. The van der Waals surface area contributed by atoms with E-state index in [0.29, 0.717) is 18.5 Å². The number of aryl methyl sites for hydroxylation is 1. The van der Waals surface area contributed by atoms with Crippen LogP contribution in [0.3, 0.4) is 0 Å². The maximum Gasteiger partial charge on any atom is 0.254 e. The molecule has 2 atom stereocenters. The van der Waals surface area contributed by atoms with Gasteiger partial charge >= 0.3 is 0 Å². The van der Waals surface area contributed by atoms with Gasteiger partial charge < -0.3 is 10.2 Å². The molecule has 140 valence electrons. The van der Waals surface area contributed by atoms with Crippen molar-refractivity contribution in [1.29, 1.82) is 0 Å². The van der Waals surface area contributed by atoms with Crippen molar-refractivity contribution >= 4 is 17.5 Å². The van der Waals surface area contributed by atoms with Crippen LogP contribution in [0, 0.1) is 0 Å². The highest BCUT2D eigenvalue weighted by Crippen LogP contribution is 2.54. The van der Waals surface area contributed by atoms with Crippen LogP contribution in [0.25, 0.3) is 0 Å². The normalized spacial score (nSPS) is 23.1. The number of amides is 2. The first kappa shape index (κ1) is 16.7. The van der Waals surface area contributed by atoms with Crippen molar-refractivity contribution in [3.05, 3.63) is 77.9 Å². The van der Waals surface area contributed by atoms with Crippen LogP contribution in [0.2, 0.25) is 0 Å². The molecule has 0 unspecified atom stereocenters. The number of nitrogens with zero attached hydrogens (tertiary/aromatic N) is 4. The van der Waals surface area contributed by atoms with E-state index >= 15 is 0 Å². The highest BCUT2D eigenvalue weighted by molar-refractivity contribution is 6.08. The number of para-hydroxylation sites is 1. The lowest BCUT2D eigenvalue weighted by Gasteiger charge is -2.33. The molecule has 2 aliphatic heterocycles. The Bertz CT molecular complexity index is 1080. The molecule has 28 heavy (non-hydrogen) atoms. The summed E-state index contributed by atoms with van der Waals surface area (Å²) in [5.74, 6) is -0.169. The Morgan fingerprint density at radius 1 is 1.21 bits per heavy atom. The lowest BCUT2D eigenvalue weighted by atomic mass is 9.73. The van der Waals surface area contributed by atoms with Crippen molar-refractivity contribution < 1.29 is 9.59 Å². The molecule has 1 fully saturated rings. The summed E-state index contributed by atoms with van der Waals surface area (Å²) in [4.78, 5) is 32.4. The summed E-state index contributed by atoms with van der Waals surface area (Å²) < 4.78 is 1.70. The predicted octanol–water partition coefficient (Wildman–Crippen LogP) is 2.29. The molecule has 7 heteroatoms. The van der Waals surface area contributed by atoms with Crippen LogP contribution < -0.4 is 5.32 Å². The molecule has 1 N–H and O–H groups in total. The second kappa shape index (κ2) is 6.02. The van der Waals surface area contributed by atoms with Gasteiger partial charge in [-0.1, -0.05) is 18.2 Å². The maximum absolute atomic E-state index is 13.3. The summed E-state index contributed by atoms with van der Waals surface area (Å²) in [7, 11) is 1.84. The number of likely N-dealkylation sites (tertiary alicyclic amines) is 1. The number of anilines is 1. The van der Waals surface area contributed by atoms with Gasteiger partial charge in [0.1, 0.15) is 5.41 Å². The lowest BCUT2D eigenvalue weighted by Crippen LogP contribution is -2.42. The molecule has 5 rings (SSSR count). The first-order valence-corrected chi connectivity index (χ1v) is 9.22. The Kier molecular flexibility index (Phi) is 3.58. The molecule has 0 aliphatic carbocycles. The number of carbonyl (C=O) groups excluding carboxylic acids is 2. The Hall–Kier alpha value is -3.48. The Morgan fingerprint density at radius 2 is 2.00 bits per heavy atom. The van der Waals surface area contributed by atoms with Gasteiger partial charge in [-0.15, -0.1) is 0 Å². The summed E-state index contributed by atoms with van der Waals surface area (Å²) in [6, 6.07) is 10.7. The van der Waals surface area contributed by atoms with E-state index in [9.17, 15) is 9.59 Å². The topological polar surface area (TPSA) is 80.1 Å². The van der Waals surface area contributed by atoms with Crippen LogP contribution in [0.15, 0.2) is 61.2 Å². The van der Waals surface area contributed by atoms with E-state index in [1.807, 2.05) is 37.5 Å². The van der Waals surface area contributed by atoms with Gasteiger partial charge in [0.2, 0.25) is 5.91 Å². The van der Waals surface area contributed by atoms with Crippen molar-refractivity contribution in [2.75, 3.05) is 11.9 Å². The molecule has 7 nitrogen and oxygen atoms in total. The SMILES string of the molecule is Cn1cc([C@@H]2N(C(=O)c3ccncc3)CC[C@]23C(=O)Nc2ccccc23)cn1. The Morgan fingerprint density at radius 3 is 2.75 bits per heavy atom. The molecule has 2 amide bonds. The van der Waals surface area contributed by atoms with Crippen molar-refractivity contribution in [2.45, 2.75) is 17.9 Å². The summed E-state index contributed by atoms with van der Waals surface area (Å²) in [5.41, 5.74) is 2.36. The number of benzene rings is 1. The van der Waals surface area contributed by atoms with Crippen LogP contribution >= 0.6 is 0 Å². The smallest absolute Gasteiger partial charge is 0.254 e. The van der Waals surface area contributed by atoms with Crippen molar-refractivity contribution in [3.63, 3.8) is 0 Å². The molecule has 0 radical (unpaired) electrons. The van der Waals surface area contributed by atoms with E-state index in [-0.39, 0.29) is 11.8 Å². The molecular weight excluding hydrogens is 354 g/mol. The summed E-state index contributed by atoms with van der Waals surface area (Å²) >= 11 is 0. The third kappa shape index (κ3) is 2.22. The molecule has 3 aromatic rings. The van der Waals surface area contributed by atoms with Gasteiger partial charge in [-0.2, -0.15) is 5.10 Å². The number of rotatable bonds is 2. The van der Waals surface area contributed by atoms with Gasteiger partial charge in [0.25, 0.3) is 5.91 Å². The number of fused-ring (bicyclic) bond motifs is 2. The maximum atomic E-state index is 13.3. The summed E-state index contributed by atoms with van der Waals surface area (Å²) in [5, 5.41) is 7.32. The molecule has 1 aromatic carbocycles. The van der Waals surface area contributed by atoms with E-state index in [2.05, 4.69) is 15.4 Å². The first-order valence-electron chi connectivity index (χ1n) is 9.22.